The van der Waals surface area contributed by atoms with E-state index in [0.717, 1.165) is 24.6 Å². The number of hydrogen-bond acceptors (Lipinski definition) is 3. The molecule has 0 bridgehead atoms. The smallest absolute Gasteiger partial charge is 0.170 e. The van der Waals surface area contributed by atoms with Crippen molar-refractivity contribution in [3.8, 4) is 0 Å². The number of aromatic nitrogens is 3. The molecule has 13 heavy (non-hydrogen) atoms. The van der Waals surface area contributed by atoms with E-state index in [4.69, 9.17) is 0 Å². The molecule has 0 radical (unpaired) electrons. The minimum Gasteiger partial charge on any atom is -0.305 e. The zero-order valence-electron chi connectivity index (χ0n) is 8.81. The van der Waals surface area contributed by atoms with E-state index in [1.165, 1.54) is 0 Å². The van der Waals surface area contributed by atoms with Crippen LogP contribution in [0.3, 0.4) is 0 Å². The first-order valence-corrected chi connectivity index (χ1v) is 4.77. The van der Waals surface area contributed by atoms with Crippen LogP contribution in [0.4, 0.5) is 0 Å². The summed E-state index contributed by atoms with van der Waals surface area (Å²) >= 11 is 0. The predicted octanol–water partition coefficient (Wildman–Crippen LogP) is 1.21. The fourth-order valence-electron chi connectivity index (χ4n) is 1.25. The highest BCUT2D eigenvalue weighted by Crippen LogP contribution is 2.14. The number of H-pyrrole nitrogens is 1. The molecule has 0 saturated heterocycles. The van der Waals surface area contributed by atoms with Crippen molar-refractivity contribution in [2.45, 2.75) is 39.7 Å². The Hall–Kier alpha value is -0.900. The van der Waals surface area contributed by atoms with Crippen LogP contribution in [-0.2, 0) is 12.0 Å². The van der Waals surface area contributed by atoms with E-state index in [9.17, 15) is 0 Å². The topological polar surface area (TPSA) is 53.6 Å². The third-order valence-corrected chi connectivity index (χ3v) is 2.04. The molecule has 4 nitrogen and oxygen atoms in total. The van der Waals surface area contributed by atoms with E-state index in [0.29, 0.717) is 0 Å². The molecule has 0 atom stereocenters. The maximum Gasteiger partial charge on any atom is 0.170 e. The summed E-state index contributed by atoms with van der Waals surface area (Å²) in [5, 5.41) is 10.4. The van der Waals surface area contributed by atoms with Crippen LogP contribution in [0.2, 0.25) is 0 Å². The Balaban J connectivity index is 2.80. The second-order valence-electron chi connectivity index (χ2n) is 3.61. The minimum absolute atomic E-state index is 0.140. The van der Waals surface area contributed by atoms with Crippen molar-refractivity contribution in [1.29, 1.82) is 0 Å². The Morgan fingerprint density at radius 3 is 2.54 bits per heavy atom. The number of hydrogen-bond donors (Lipinski definition) is 2. The van der Waals surface area contributed by atoms with Crippen molar-refractivity contribution < 1.29 is 0 Å². The monoisotopic (exact) mass is 182 g/mol. The third kappa shape index (κ3) is 2.28. The lowest BCUT2D eigenvalue weighted by molar-refractivity contribution is 0.392. The molecule has 0 aromatic carbocycles. The number of aromatic amines is 1. The Kier molecular flexibility index (Phi) is 3.03. The van der Waals surface area contributed by atoms with Gasteiger partial charge in [-0.1, -0.05) is 13.8 Å². The van der Waals surface area contributed by atoms with Crippen molar-refractivity contribution in [2.24, 2.45) is 0 Å². The average molecular weight is 182 g/mol. The lowest BCUT2D eigenvalue weighted by Gasteiger charge is -2.21. The van der Waals surface area contributed by atoms with E-state index in [-0.39, 0.29) is 5.54 Å². The van der Waals surface area contributed by atoms with Crippen molar-refractivity contribution in [1.82, 2.24) is 20.5 Å². The molecule has 1 aromatic rings. The van der Waals surface area contributed by atoms with E-state index in [1.54, 1.807) is 0 Å². The zero-order chi connectivity index (χ0) is 9.90. The van der Waals surface area contributed by atoms with E-state index in [1.807, 2.05) is 0 Å². The summed E-state index contributed by atoms with van der Waals surface area (Å²) in [4.78, 5) is 4.39. The number of nitrogens with zero attached hydrogens (tertiary/aromatic N) is 2. The van der Waals surface area contributed by atoms with E-state index >= 15 is 0 Å². The molecular weight excluding hydrogens is 164 g/mol. The molecule has 2 N–H and O–H groups in total. The summed E-state index contributed by atoms with van der Waals surface area (Å²) in [6, 6.07) is 0. The van der Waals surface area contributed by atoms with Gasteiger partial charge in [0.05, 0.1) is 5.54 Å². The molecule has 74 valence electrons. The molecular formula is C9H18N4. The summed E-state index contributed by atoms with van der Waals surface area (Å²) in [6.07, 6.45) is 0.898. The maximum atomic E-state index is 4.39. The Bertz CT molecular complexity index is 264. The molecule has 0 spiro atoms. The molecule has 0 aliphatic rings. The van der Waals surface area contributed by atoms with Crippen molar-refractivity contribution in [2.75, 3.05) is 6.54 Å². The first-order valence-electron chi connectivity index (χ1n) is 4.77. The molecule has 0 aliphatic heterocycles. The fraction of sp³-hybridized carbons (Fsp3) is 0.778. The normalized spacial score (nSPS) is 12.0. The summed E-state index contributed by atoms with van der Waals surface area (Å²) in [6.45, 7) is 9.22. The van der Waals surface area contributed by atoms with Crippen LogP contribution >= 0.6 is 0 Å². The zero-order valence-corrected chi connectivity index (χ0v) is 8.81. The fourth-order valence-corrected chi connectivity index (χ4v) is 1.25. The number of rotatable bonds is 4. The van der Waals surface area contributed by atoms with E-state index < -0.39 is 0 Å². The van der Waals surface area contributed by atoms with Crippen LogP contribution in [-0.4, -0.2) is 21.7 Å². The minimum atomic E-state index is -0.140. The largest absolute Gasteiger partial charge is 0.305 e. The summed E-state index contributed by atoms with van der Waals surface area (Å²) in [7, 11) is 0. The van der Waals surface area contributed by atoms with Crippen molar-refractivity contribution >= 4 is 0 Å². The molecule has 0 saturated carbocycles. The third-order valence-electron chi connectivity index (χ3n) is 2.04. The molecule has 0 aliphatic carbocycles. The van der Waals surface area contributed by atoms with Crippen LogP contribution in [0, 0.1) is 0 Å². The van der Waals surface area contributed by atoms with Crippen LogP contribution in [0.15, 0.2) is 0 Å². The van der Waals surface area contributed by atoms with Gasteiger partial charge in [0, 0.05) is 6.42 Å². The highest BCUT2D eigenvalue weighted by molar-refractivity contribution is 5.02. The quantitative estimate of drug-likeness (QED) is 0.736. The van der Waals surface area contributed by atoms with Gasteiger partial charge in [0.2, 0.25) is 0 Å². The lowest BCUT2D eigenvalue weighted by atomic mass is 10.1. The van der Waals surface area contributed by atoms with Gasteiger partial charge in [-0.3, -0.25) is 5.10 Å². The number of aryl methyl sites for hydroxylation is 1. The number of nitrogens with one attached hydrogen (secondary N) is 2. The molecule has 1 aromatic heterocycles. The lowest BCUT2D eigenvalue weighted by Crippen LogP contribution is -2.37. The average Bonchev–Trinajstić information content (AvgIpc) is 2.52. The SMILES string of the molecule is CCNC(C)(C)c1n[nH]c(CC)n1. The molecule has 0 fully saturated rings. The summed E-state index contributed by atoms with van der Waals surface area (Å²) < 4.78 is 0. The first kappa shape index (κ1) is 10.2. The van der Waals surface area contributed by atoms with Gasteiger partial charge in [-0.05, 0) is 20.4 Å². The van der Waals surface area contributed by atoms with Crippen LogP contribution < -0.4 is 5.32 Å². The van der Waals surface area contributed by atoms with Gasteiger partial charge in [0.25, 0.3) is 0 Å². The second kappa shape index (κ2) is 3.87. The van der Waals surface area contributed by atoms with Gasteiger partial charge in [-0.25, -0.2) is 4.98 Å². The standard InChI is InChI=1S/C9H18N4/c1-5-7-11-8(13-12-7)9(3,4)10-6-2/h10H,5-6H2,1-4H3,(H,11,12,13). The molecule has 1 heterocycles. The Labute approximate surface area is 79.2 Å². The van der Waals surface area contributed by atoms with Gasteiger partial charge in [0.1, 0.15) is 5.82 Å². The first-order chi connectivity index (χ1) is 6.10. The van der Waals surface area contributed by atoms with Gasteiger partial charge in [-0.15, -0.1) is 0 Å². The van der Waals surface area contributed by atoms with Gasteiger partial charge in [-0.2, -0.15) is 5.10 Å². The second-order valence-corrected chi connectivity index (χ2v) is 3.61. The molecule has 4 heteroatoms. The van der Waals surface area contributed by atoms with Gasteiger partial charge < -0.3 is 5.32 Å². The maximum absolute atomic E-state index is 4.39. The predicted molar refractivity (Wildman–Crippen MR) is 52.5 cm³/mol. The van der Waals surface area contributed by atoms with Crippen LogP contribution in [0.5, 0.6) is 0 Å². The van der Waals surface area contributed by atoms with Crippen molar-refractivity contribution in [3.63, 3.8) is 0 Å². The van der Waals surface area contributed by atoms with Gasteiger partial charge in [0.15, 0.2) is 5.82 Å². The highest BCUT2D eigenvalue weighted by atomic mass is 15.2. The summed E-state index contributed by atoms with van der Waals surface area (Å²) in [5.41, 5.74) is -0.140. The van der Waals surface area contributed by atoms with Crippen LogP contribution in [0.1, 0.15) is 39.3 Å². The Morgan fingerprint density at radius 1 is 1.38 bits per heavy atom. The molecule has 0 unspecified atom stereocenters. The van der Waals surface area contributed by atoms with Gasteiger partial charge >= 0.3 is 0 Å². The van der Waals surface area contributed by atoms with Crippen LogP contribution in [0.25, 0.3) is 0 Å². The highest BCUT2D eigenvalue weighted by Gasteiger charge is 2.23. The Morgan fingerprint density at radius 2 is 2.08 bits per heavy atom. The molecule has 1 rings (SSSR count). The van der Waals surface area contributed by atoms with E-state index in [2.05, 4.69) is 48.2 Å². The molecule has 0 amide bonds. The summed E-state index contributed by atoms with van der Waals surface area (Å²) in [5.74, 6) is 1.78. The van der Waals surface area contributed by atoms with Crippen molar-refractivity contribution in [3.05, 3.63) is 11.6 Å².